The van der Waals surface area contributed by atoms with Crippen LogP contribution in [0.25, 0.3) is 0 Å². The highest BCUT2D eigenvalue weighted by Crippen LogP contribution is 2.25. The quantitative estimate of drug-likeness (QED) is 0.600. The Morgan fingerprint density at radius 3 is 2.45 bits per heavy atom. The third-order valence-corrected chi connectivity index (χ3v) is 1.37. The van der Waals surface area contributed by atoms with Crippen LogP contribution in [-0.4, -0.2) is 4.98 Å². The average molecular weight is 177 g/mol. The maximum Gasteiger partial charge on any atom is 0.274 e. The monoisotopic (exact) mass is 176 g/mol. The van der Waals surface area contributed by atoms with Crippen LogP contribution >= 0.6 is 11.6 Å². The van der Waals surface area contributed by atoms with E-state index in [4.69, 9.17) is 11.6 Å². The molecular weight excluding hydrogens is 172 g/mol. The van der Waals surface area contributed by atoms with E-state index < -0.39 is 5.92 Å². The Morgan fingerprint density at radius 1 is 1.45 bits per heavy atom. The van der Waals surface area contributed by atoms with E-state index in [0.717, 1.165) is 6.20 Å². The van der Waals surface area contributed by atoms with E-state index >= 15 is 0 Å². The highest BCUT2D eigenvalue weighted by atomic mass is 35.5. The molecule has 1 aromatic rings. The molecule has 4 heteroatoms. The van der Waals surface area contributed by atoms with Gasteiger partial charge < -0.3 is 0 Å². The van der Waals surface area contributed by atoms with Crippen LogP contribution < -0.4 is 0 Å². The molecule has 1 rings (SSSR count). The predicted octanol–water partition coefficient (Wildman–Crippen LogP) is 2.66. The van der Waals surface area contributed by atoms with Gasteiger partial charge in [-0.05, 0) is 12.1 Å². The van der Waals surface area contributed by atoms with Crippen molar-refractivity contribution in [3.63, 3.8) is 0 Å². The van der Waals surface area contributed by atoms with Crippen LogP contribution in [0, 0.1) is 6.92 Å². The first kappa shape index (κ1) is 8.40. The van der Waals surface area contributed by atoms with Crippen LogP contribution in [0.5, 0.6) is 0 Å². The van der Waals surface area contributed by atoms with Gasteiger partial charge in [-0.1, -0.05) is 11.6 Å². The number of alkyl halides is 2. The minimum Gasteiger partial charge on any atom is -0.244 e. The van der Waals surface area contributed by atoms with E-state index in [9.17, 15) is 8.78 Å². The van der Waals surface area contributed by atoms with Crippen LogP contribution in [0.15, 0.2) is 18.3 Å². The summed E-state index contributed by atoms with van der Waals surface area (Å²) in [5, 5.41) is 0.193. The third kappa shape index (κ3) is 2.12. The molecule has 0 fully saturated rings. The minimum atomic E-state index is -3.09. The first-order valence-corrected chi connectivity index (χ1v) is 3.23. The number of pyridine rings is 1. The molecule has 0 atom stereocenters. The SMILES string of the molecule is [CH2]C(F)(F)c1ccc(Cl)nc1. The Labute approximate surface area is 68.0 Å². The van der Waals surface area contributed by atoms with E-state index in [-0.39, 0.29) is 10.7 Å². The van der Waals surface area contributed by atoms with Gasteiger partial charge in [-0.2, -0.15) is 0 Å². The summed E-state index contributed by atoms with van der Waals surface area (Å²) < 4.78 is 24.8. The standard InChI is InChI=1S/C7H5ClF2N/c1-7(9,10)5-2-3-6(8)11-4-5/h2-4H,1H2. The molecule has 11 heavy (non-hydrogen) atoms. The van der Waals surface area contributed by atoms with E-state index in [1.807, 2.05) is 0 Å². The second kappa shape index (κ2) is 2.74. The lowest BCUT2D eigenvalue weighted by Gasteiger charge is -2.08. The van der Waals surface area contributed by atoms with Gasteiger partial charge in [-0.3, -0.25) is 0 Å². The fourth-order valence-corrected chi connectivity index (χ4v) is 0.704. The van der Waals surface area contributed by atoms with Crippen molar-refractivity contribution in [1.82, 2.24) is 4.98 Å². The molecule has 1 heterocycles. The van der Waals surface area contributed by atoms with E-state index in [1.54, 1.807) is 0 Å². The fraction of sp³-hybridized carbons (Fsp3) is 0.143. The predicted molar refractivity (Wildman–Crippen MR) is 38.5 cm³/mol. The summed E-state index contributed by atoms with van der Waals surface area (Å²) >= 11 is 5.39. The van der Waals surface area contributed by atoms with Crippen LogP contribution in [0.3, 0.4) is 0 Å². The second-order valence-corrected chi connectivity index (χ2v) is 2.46. The van der Waals surface area contributed by atoms with E-state index in [2.05, 4.69) is 11.9 Å². The smallest absolute Gasteiger partial charge is 0.244 e. The summed E-state index contributed by atoms with van der Waals surface area (Å²) in [4.78, 5) is 3.49. The highest BCUT2D eigenvalue weighted by molar-refractivity contribution is 6.29. The second-order valence-electron chi connectivity index (χ2n) is 2.07. The molecule has 0 saturated carbocycles. The number of halogens is 3. The molecule has 0 aliphatic rings. The molecule has 1 radical (unpaired) electrons. The number of aromatic nitrogens is 1. The largest absolute Gasteiger partial charge is 0.274 e. The van der Waals surface area contributed by atoms with Gasteiger partial charge in [0.15, 0.2) is 0 Å². The van der Waals surface area contributed by atoms with E-state index in [1.165, 1.54) is 12.1 Å². The first-order valence-electron chi connectivity index (χ1n) is 2.85. The van der Waals surface area contributed by atoms with Crippen molar-refractivity contribution in [3.8, 4) is 0 Å². The Balaban J connectivity index is 2.99. The van der Waals surface area contributed by atoms with Crippen molar-refractivity contribution in [2.45, 2.75) is 5.92 Å². The van der Waals surface area contributed by atoms with Crippen LogP contribution in [-0.2, 0) is 5.92 Å². The molecule has 0 spiro atoms. The molecule has 0 aromatic carbocycles. The fourth-order valence-electron chi connectivity index (χ4n) is 0.592. The van der Waals surface area contributed by atoms with Gasteiger partial charge in [0.25, 0.3) is 5.92 Å². The number of hydrogen-bond acceptors (Lipinski definition) is 1. The van der Waals surface area contributed by atoms with Crippen LogP contribution in [0.2, 0.25) is 5.15 Å². The normalized spacial score (nSPS) is 11.6. The summed E-state index contributed by atoms with van der Waals surface area (Å²) in [6.45, 7) is 2.65. The molecule has 1 nitrogen and oxygen atoms in total. The van der Waals surface area contributed by atoms with E-state index in [0.29, 0.717) is 0 Å². The highest BCUT2D eigenvalue weighted by Gasteiger charge is 2.24. The van der Waals surface area contributed by atoms with Gasteiger partial charge in [0.1, 0.15) is 5.15 Å². The van der Waals surface area contributed by atoms with Crippen molar-refractivity contribution in [2.75, 3.05) is 0 Å². The zero-order valence-electron chi connectivity index (χ0n) is 5.52. The lowest BCUT2D eigenvalue weighted by Crippen LogP contribution is -2.07. The van der Waals surface area contributed by atoms with Gasteiger partial charge >= 0.3 is 0 Å². The molecule has 0 N–H and O–H groups in total. The lowest BCUT2D eigenvalue weighted by atomic mass is 10.2. The Hall–Kier alpha value is -0.700. The van der Waals surface area contributed by atoms with Gasteiger partial charge in [0.05, 0.1) is 0 Å². The summed E-state index contributed by atoms with van der Waals surface area (Å²) in [7, 11) is 0. The lowest BCUT2D eigenvalue weighted by molar-refractivity contribution is 0.0483. The molecule has 1 aromatic heterocycles. The molecular formula is C7H5ClF2N. The maximum absolute atomic E-state index is 12.4. The molecule has 0 unspecified atom stereocenters. The zero-order chi connectivity index (χ0) is 8.48. The van der Waals surface area contributed by atoms with Crippen molar-refractivity contribution in [2.24, 2.45) is 0 Å². The molecule has 59 valence electrons. The third-order valence-electron chi connectivity index (χ3n) is 1.15. The van der Waals surface area contributed by atoms with Gasteiger partial charge in [-0.25, -0.2) is 13.8 Å². The minimum absolute atomic E-state index is 0.193. The maximum atomic E-state index is 12.4. The molecule has 0 bridgehead atoms. The van der Waals surface area contributed by atoms with Crippen LogP contribution in [0.1, 0.15) is 5.56 Å². The summed E-state index contributed by atoms with van der Waals surface area (Å²) in [5.74, 6) is -3.09. The summed E-state index contributed by atoms with van der Waals surface area (Å²) in [6.07, 6.45) is 1.01. The van der Waals surface area contributed by atoms with Gasteiger partial charge in [0.2, 0.25) is 0 Å². The average Bonchev–Trinajstić information content (AvgIpc) is 1.86. The molecule has 0 saturated heterocycles. The Bertz CT molecular complexity index is 240. The zero-order valence-corrected chi connectivity index (χ0v) is 6.28. The van der Waals surface area contributed by atoms with Crippen molar-refractivity contribution in [3.05, 3.63) is 36.0 Å². The molecule has 0 aliphatic carbocycles. The van der Waals surface area contributed by atoms with Crippen molar-refractivity contribution >= 4 is 11.6 Å². The van der Waals surface area contributed by atoms with Crippen molar-refractivity contribution < 1.29 is 8.78 Å². The Kier molecular flexibility index (Phi) is 2.09. The van der Waals surface area contributed by atoms with Crippen LogP contribution in [0.4, 0.5) is 8.78 Å². The summed E-state index contributed by atoms with van der Waals surface area (Å²) in [5.41, 5.74) is -0.234. The summed E-state index contributed by atoms with van der Waals surface area (Å²) in [6, 6.07) is 2.50. The van der Waals surface area contributed by atoms with Crippen molar-refractivity contribution in [1.29, 1.82) is 0 Å². The molecule has 0 amide bonds. The molecule has 0 aliphatic heterocycles. The topological polar surface area (TPSA) is 12.9 Å². The van der Waals surface area contributed by atoms with Gasteiger partial charge in [0, 0.05) is 18.7 Å². The Morgan fingerprint density at radius 2 is 2.09 bits per heavy atom. The van der Waals surface area contributed by atoms with Gasteiger partial charge in [-0.15, -0.1) is 0 Å². The number of rotatable bonds is 1. The number of hydrogen-bond donors (Lipinski definition) is 0. The first-order chi connectivity index (χ1) is 5.00. The number of nitrogens with zero attached hydrogens (tertiary/aromatic N) is 1.